The van der Waals surface area contributed by atoms with Gasteiger partial charge in [-0.05, 0) is 12.8 Å². The minimum atomic E-state index is -1.34. The Morgan fingerprint density at radius 1 is 0.680 bits per heavy atom. The molecule has 0 saturated carbocycles. The van der Waals surface area contributed by atoms with E-state index in [2.05, 4.69) is 93.9 Å². The zero-order chi connectivity index (χ0) is 18.2. The Labute approximate surface area is 156 Å². The molecule has 2 aliphatic carbocycles. The molecule has 0 atom stereocenters. The van der Waals surface area contributed by atoms with Gasteiger partial charge in [0.1, 0.15) is 0 Å². The van der Waals surface area contributed by atoms with Crippen molar-refractivity contribution in [3.63, 3.8) is 0 Å². The molecule has 1 aromatic carbocycles. The van der Waals surface area contributed by atoms with Crippen LogP contribution in [0.1, 0.15) is 12.8 Å². The van der Waals surface area contributed by atoms with E-state index in [9.17, 15) is 0 Å². The Kier molecular flexibility index (Phi) is 5.00. The number of allylic oxidation sites excluding steroid dienone is 8. The van der Waals surface area contributed by atoms with Crippen molar-refractivity contribution < 1.29 is 0 Å². The molecule has 0 nitrogen and oxygen atoms in total. The topological polar surface area (TPSA) is 0 Å². The Morgan fingerprint density at radius 3 is 1.52 bits per heavy atom. The number of rotatable bonds is 5. The minimum absolute atomic E-state index is 0.467. The molecule has 0 aromatic heterocycles. The van der Waals surface area contributed by atoms with Crippen molar-refractivity contribution >= 4 is 28.3 Å². The molecule has 0 unspecified atom stereocenters. The van der Waals surface area contributed by atoms with Crippen molar-refractivity contribution in [2.45, 2.75) is 52.1 Å². The predicted octanol–water partition coefficient (Wildman–Crippen LogP) is 5.73. The van der Waals surface area contributed by atoms with E-state index in [0.717, 1.165) is 12.8 Å². The van der Waals surface area contributed by atoms with Crippen molar-refractivity contribution in [1.82, 2.24) is 0 Å². The van der Waals surface area contributed by atoms with Gasteiger partial charge >= 0.3 is 0 Å². The molecule has 3 rings (SSSR count). The summed E-state index contributed by atoms with van der Waals surface area (Å²) in [4.78, 5) is 0. The molecule has 0 radical (unpaired) electrons. The monoisotopic (exact) mass is 362 g/mol. The molecule has 0 fully saturated rings. The number of hydrogen-bond donors (Lipinski definition) is 0. The first-order valence-electron chi connectivity index (χ1n) is 9.54. The maximum absolute atomic E-state index is 2.49. The van der Waals surface area contributed by atoms with Crippen LogP contribution in [0, 0.1) is 0 Å². The van der Waals surface area contributed by atoms with Crippen LogP contribution < -0.4 is 5.46 Å². The van der Waals surface area contributed by atoms with E-state index in [1.165, 1.54) is 5.46 Å². The molecule has 0 N–H and O–H groups in total. The lowest BCUT2D eigenvalue weighted by Crippen LogP contribution is -2.40. The van der Waals surface area contributed by atoms with E-state index in [-0.39, 0.29) is 0 Å². The number of hydrogen-bond acceptors (Lipinski definition) is 0. The molecule has 25 heavy (non-hydrogen) atoms. The Bertz CT molecular complexity index is 720. The highest BCUT2D eigenvalue weighted by Gasteiger charge is 2.36. The van der Waals surface area contributed by atoms with Crippen molar-refractivity contribution in [2.24, 2.45) is 0 Å². The average Bonchev–Trinajstić information content (AvgIpc) is 3.17. The zero-order valence-corrected chi connectivity index (χ0v) is 18.7. The smallest absolute Gasteiger partial charge is 0.0880 e. The number of benzene rings is 1. The summed E-state index contributed by atoms with van der Waals surface area (Å²) in [7, 11) is -2.68. The third kappa shape index (κ3) is 3.78. The van der Waals surface area contributed by atoms with Gasteiger partial charge in [0.25, 0.3) is 0 Å². The predicted molar refractivity (Wildman–Crippen MR) is 120 cm³/mol. The standard InChI is InChI=1S/C22H31BSi2/c1-24(2,3)21-16-10-14-19(21)23(18-12-8-7-9-13-18)20-15-11-17-22(20)25(4,5)6/h7-13,16-17H,14-15H2,1-6H3. The second kappa shape index (κ2) is 6.77. The maximum Gasteiger partial charge on any atom is 0.233 e. The van der Waals surface area contributed by atoms with Crippen LogP contribution in [0.2, 0.25) is 39.3 Å². The summed E-state index contributed by atoms with van der Waals surface area (Å²) in [5.74, 6) is 0. The Morgan fingerprint density at radius 2 is 1.12 bits per heavy atom. The van der Waals surface area contributed by atoms with Gasteiger partial charge in [0, 0.05) is 0 Å². The van der Waals surface area contributed by atoms with Crippen molar-refractivity contribution in [3.05, 3.63) is 76.0 Å². The van der Waals surface area contributed by atoms with Gasteiger partial charge in [-0.3, -0.25) is 0 Å². The summed E-state index contributed by atoms with van der Waals surface area (Å²) < 4.78 is 0. The fourth-order valence-corrected chi connectivity index (χ4v) is 7.96. The second-order valence-electron chi connectivity index (χ2n) is 9.43. The molecule has 0 spiro atoms. The van der Waals surface area contributed by atoms with E-state index in [4.69, 9.17) is 0 Å². The van der Waals surface area contributed by atoms with Crippen LogP contribution in [-0.2, 0) is 0 Å². The van der Waals surface area contributed by atoms with E-state index in [1.807, 2.05) is 0 Å². The third-order valence-electron chi connectivity index (χ3n) is 5.38. The van der Waals surface area contributed by atoms with Crippen LogP contribution >= 0.6 is 0 Å². The van der Waals surface area contributed by atoms with Gasteiger partial charge in [0.15, 0.2) is 0 Å². The summed E-state index contributed by atoms with van der Waals surface area (Å²) >= 11 is 0. The fourth-order valence-electron chi connectivity index (χ4n) is 4.31. The van der Waals surface area contributed by atoms with Crippen LogP contribution in [0.3, 0.4) is 0 Å². The van der Waals surface area contributed by atoms with Gasteiger partial charge < -0.3 is 0 Å². The second-order valence-corrected chi connectivity index (χ2v) is 19.5. The molecule has 130 valence electrons. The SMILES string of the molecule is C[Si](C)(C)C1=C(B(C2=C([Si](C)(C)C)C=CC2)c2ccccc2)CC=C1. The van der Waals surface area contributed by atoms with Gasteiger partial charge in [0.2, 0.25) is 6.71 Å². The molecular weight excluding hydrogens is 331 g/mol. The molecule has 2 aliphatic rings. The first-order valence-corrected chi connectivity index (χ1v) is 16.5. The van der Waals surface area contributed by atoms with Gasteiger partial charge in [-0.15, -0.1) is 0 Å². The van der Waals surface area contributed by atoms with Crippen LogP contribution in [0.15, 0.2) is 76.0 Å². The van der Waals surface area contributed by atoms with Gasteiger partial charge in [-0.1, -0.05) is 121 Å². The Balaban J connectivity index is 2.20. The Hall–Kier alpha value is -1.32. The molecule has 0 amide bonds. The van der Waals surface area contributed by atoms with Crippen LogP contribution in [0.25, 0.3) is 0 Å². The van der Waals surface area contributed by atoms with Gasteiger partial charge in [-0.25, -0.2) is 0 Å². The quantitative estimate of drug-likeness (QED) is 0.586. The molecule has 0 bridgehead atoms. The fraction of sp³-hybridized carbons (Fsp3) is 0.364. The van der Waals surface area contributed by atoms with E-state index in [1.54, 1.807) is 21.3 Å². The van der Waals surface area contributed by atoms with Crippen LogP contribution in [-0.4, -0.2) is 22.9 Å². The lowest BCUT2D eigenvalue weighted by molar-refractivity contribution is 1.33. The highest BCUT2D eigenvalue weighted by atomic mass is 28.3. The molecule has 1 aromatic rings. The average molecular weight is 362 g/mol. The summed E-state index contributed by atoms with van der Waals surface area (Å²) in [6, 6.07) is 11.2. The summed E-state index contributed by atoms with van der Waals surface area (Å²) in [6.45, 7) is 15.4. The highest BCUT2D eigenvalue weighted by molar-refractivity contribution is 6.93. The van der Waals surface area contributed by atoms with Crippen molar-refractivity contribution in [3.8, 4) is 0 Å². The summed E-state index contributed by atoms with van der Waals surface area (Å²) in [5.41, 5.74) is 4.84. The molecular formula is C22H31BSi2. The minimum Gasteiger partial charge on any atom is -0.0880 e. The molecule has 0 heterocycles. The van der Waals surface area contributed by atoms with Crippen LogP contribution in [0.5, 0.6) is 0 Å². The first-order chi connectivity index (χ1) is 11.7. The summed E-state index contributed by atoms with van der Waals surface area (Å²) in [6.07, 6.45) is 11.9. The molecule has 0 saturated heterocycles. The molecule has 3 heteroatoms. The normalized spacial score (nSPS) is 17.8. The zero-order valence-electron chi connectivity index (χ0n) is 16.7. The largest absolute Gasteiger partial charge is 0.233 e. The first kappa shape index (κ1) is 18.5. The van der Waals surface area contributed by atoms with Gasteiger partial charge in [0.05, 0.1) is 16.1 Å². The summed E-state index contributed by atoms with van der Waals surface area (Å²) in [5, 5.41) is 3.35. The van der Waals surface area contributed by atoms with E-state index in [0.29, 0.717) is 6.71 Å². The van der Waals surface area contributed by atoms with Gasteiger partial charge in [-0.2, -0.15) is 0 Å². The van der Waals surface area contributed by atoms with Crippen molar-refractivity contribution in [1.29, 1.82) is 0 Å². The molecule has 0 aliphatic heterocycles. The van der Waals surface area contributed by atoms with E-state index < -0.39 is 16.1 Å². The van der Waals surface area contributed by atoms with Crippen LogP contribution in [0.4, 0.5) is 0 Å². The van der Waals surface area contributed by atoms with Crippen molar-refractivity contribution in [2.75, 3.05) is 0 Å². The third-order valence-corrected chi connectivity index (χ3v) is 9.59. The highest BCUT2D eigenvalue weighted by Crippen LogP contribution is 2.36. The van der Waals surface area contributed by atoms with E-state index >= 15 is 0 Å². The maximum atomic E-state index is 2.49. The lowest BCUT2D eigenvalue weighted by atomic mass is 9.35. The lowest BCUT2D eigenvalue weighted by Gasteiger charge is -2.28.